The lowest BCUT2D eigenvalue weighted by Gasteiger charge is -2.30. The van der Waals surface area contributed by atoms with Gasteiger partial charge in [-0.1, -0.05) is 12.1 Å². The van der Waals surface area contributed by atoms with Gasteiger partial charge in [-0.2, -0.15) is 18.2 Å². The van der Waals surface area contributed by atoms with Crippen molar-refractivity contribution < 1.29 is 18.0 Å². The smallest absolute Gasteiger partial charge is 0.362 e. The molecule has 0 radical (unpaired) electrons. The van der Waals surface area contributed by atoms with Crippen LogP contribution in [0.4, 0.5) is 24.9 Å². The summed E-state index contributed by atoms with van der Waals surface area (Å²) in [4.78, 5) is 23.9. The molecule has 1 heterocycles. The van der Waals surface area contributed by atoms with Gasteiger partial charge in [0.25, 0.3) is 5.91 Å². The summed E-state index contributed by atoms with van der Waals surface area (Å²) >= 11 is -0.191. The Morgan fingerprint density at radius 2 is 1.62 bits per heavy atom. The van der Waals surface area contributed by atoms with Crippen LogP contribution in [0.2, 0.25) is 0 Å². The summed E-state index contributed by atoms with van der Waals surface area (Å²) in [6, 6.07) is 13.6. The molecule has 1 saturated carbocycles. The van der Waals surface area contributed by atoms with E-state index < -0.39 is 5.51 Å². The number of anilines is 2. The lowest BCUT2D eigenvalue weighted by atomic mass is 9.91. The molecule has 0 unspecified atom stereocenters. The SMILES string of the molecule is CN(C)c1nc(N[C@H]2CC[C@@H](NC(=O)c3ccc(SC(F)(F)F)cc3)CC2)nc2ccccc12. The number of aromatic nitrogens is 2. The molecule has 0 bridgehead atoms. The third kappa shape index (κ3) is 6.11. The number of thioether (sulfide) groups is 1. The van der Waals surface area contributed by atoms with Crippen LogP contribution < -0.4 is 15.5 Å². The maximum absolute atomic E-state index is 12.5. The maximum atomic E-state index is 12.5. The van der Waals surface area contributed by atoms with Crippen molar-refractivity contribution in [1.82, 2.24) is 15.3 Å². The Balaban J connectivity index is 1.32. The van der Waals surface area contributed by atoms with Gasteiger partial charge in [-0.05, 0) is 73.8 Å². The summed E-state index contributed by atoms with van der Waals surface area (Å²) in [6.45, 7) is 0. The van der Waals surface area contributed by atoms with E-state index in [0.29, 0.717) is 11.5 Å². The largest absolute Gasteiger partial charge is 0.446 e. The van der Waals surface area contributed by atoms with Crippen LogP contribution in [-0.2, 0) is 0 Å². The molecule has 1 aliphatic rings. The third-order valence-corrected chi connectivity index (χ3v) is 6.49. The van der Waals surface area contributed by atoms with Crippen LogP contribution in [0.1, 0.15) is 36.0 Å². The number of carbonyl (C=O) groups excluding carboxylic acids is 1. The third-order valence-electron chi connectivity index (χ3n) is 5.75. The Bertz CT molecular complexity index is 1150. The molecule has 1 aromatic heterocycles. The van der Waals surface area contributed by atoms with Crippen LogP contribution >= 0.6 is 11.8 Å². The second-order valence-electron chi connectivity index (χ2n) is 8.52. The van der Waals surface area contributed by atoms with Gasteiger partial charge < -0.3 is 15.5 Å². The number of carbonyl (C=O) groups is 1. The molecule has 2 aromatic carbocycles. The van der Waals surface area contributed by atoms with Crippen molar-refractivity contribution in [2.75, 3.05) is 24.3 Å². The molecule has 2 N–H and O–H groups in total. The summed E-state index contributed by atoms with van der Waals surface area (Å²) < 4.78 is 37.4. The molecule has 180 valence electrons. The number of benzene rings is 2. The zero-order valence-corrected chi connectivity index (χ0v) is 19.7. The second-order valence-corrected chi connectivity index (χ2v) is 9.66. The molecule has 34 heavy (non-hydrogen) atoms. The average molecular weight is 490 g/mol. The number of alkyl halides is 3. The number of para-hydroxylation sites is 1. The van der Waals surface area contributed by atoms with Crippen molar-refractivity contribution in [3.05, 3.63) is 54.1 Å². The Kier molecular flexibility index (Phi) is 7.16. The van der Waals surface area contributed by atoms with Crippen LogP contribution in [0.3, 0.4) is 0 Å². The normalized spacial score (nSPS) is 18.5. The number of halogens is 3. The molecule has 0 saturated heterocycles. The second kappa shape index (κ2) is 10.1. The Morgan fingerprint density at radius 1 is 0.971 bits per heavy atom. The van der Waals surface area contributed by atoms with Crippen LogP contribution in [0, 0.1) is 0 Å². The first kappa shape index (κ1) is 24.1. The van der Waals surface area contributed by atoms with E-state index in [1.165, 1.54) is 24.3 Å². The molecule has 0 atom stereocenters. The Labute approximate surface area is 200 Å². The predicted molar refractivity (Wildman–Crippen MR) is 129 cm³/mol. The van der Waals surface area contributed by atoms with Crippen molar-refractivity contribution in [1.29, 1.82) is 0 Å². The number of nitrogens with one attached hydrogen (secondary N) is 2. The lowest BCUT2D eigenvalue weighted by Crippen LogP contribution is -2.40. The van der Waals surface area contributed by atoms with E-state index >= 15 is 0 Å². The predicted octanol–water partition coefficient (Wildman–Crippen LogP) is 5.46. The van der Waals surface area contributed by atoms with E-state index in [4.69, 9.17) is 4.98 Å². The highest BCUT2D eigenvalue weighted by Gasteiger charge is 2.29. The van der Waals surface area contributed by atoms with Gasteiger partial charge >= 0.3 is 5.51 Å². The van der Waals surface area contributed by atoms with E-state index in [-0.39, 0.29) is 34.6 Å². The average Bonchev–Trinajstić information content (AvgIpc) is 2.79. The number of hydrogen-bond donors (Lipinski definition) is 2. The molecule has 3 aromatic rings. The fourth-order valence-corrected chi connectivity index (χ4v) is 4.65. The number of amides is 1. The Hall–Kier alpha value is -3.01. The minimum absolute atomic E-state index is 0.0182. The van der Waals surface area contributed by atoms with Gasteiger partial charge in [0.1, 0.15) is 5.82 Å². The van der Waals surface area contributed by atoms with Crippen molar-refractivity contribution in [3.8, 4) is 0 Å². The minimum atomic E-state index is -4.34. The van der Waals surface area contributed by atoms with E-state index in [9.17, 15) is 18.0 Å². The summed E-state index contributed by atoms with van der Waals surface area (Å²) in [6.07, 6.45) is 3.28. The van der Waals surface area contributed by atoms with Crippen molar-refractivity contribution >= 4 is 40.3 Å². The van der Waals surface area contributed by atoms with Crippen LogP contribution in [0.25, 0.3) is 10.9 Å². The fourth-order valence-electron chi connectivity index (χ4n) is 4.11. The summed E-state index contributed by atoms with van der Waals surface area (Å²) in [5.74, 6) is 1.17. The molecule has 1 aliphatic carbocycles. The quantitative estimate of drug-likeness (QED) is 0.448. The minimum Gasteiger partial charge on any atom is -0.362 e. The van der Waals surface area contributed by atoms with E-state index in [2.05, 4.69) is 15.6 Å². The zero-order chi connectivity index (χ0) is 24.3. The van der Waals surface area contributed by atoms with Gasteiger partial charge in [0.15, 0.2) is 0 Å². The van der Waals surface area contributed by atoms with Crippen molar-refractivity contribution in [2.24, 2.45) is 0 Å². The molecule has 6 nitrogen and oxygen atoms in total. The molecule has 4 rings (SSSR count). The number of nitrogens with zero attached hydrogens (tertiary/aromatic N) is 3. The van der Waals surface area contributed by atoms with Crippen LogP contribution in [0.15, 0.2) is 53.4 Å². The van der Waals surface area contributed by atoms with Gasteiger partial charge in [0, 0.05) is 42.0 Å². The molecule has 0 aliphatic heterocycles. The highest BCUT2D eigenvalue weighted by Crippen LogP contribution is 2.36. The van der Waals surface area contributed by atoms with Gasteiger partial charge in [-0.3, -0.25) is 4.79 Å². The molecular weight excluding hydrogens is 463 g/mol. The standard InChI is InChI=1S/C24H26F3N5OS/c1-32(2)21-19-5-3-4-6-20(19)30-23(31-21)29-17-11-9-16(10-12-17)28-22(33)15-7-13-18(14-8-15)34-24(25,26)27/h3-8,13-14,16-17H,9-12H2,1-2H3,(H,28,33)(H,29,30,31)/t16-,17+. The highest BCUT2D eigenvalue weighted by molar-refractivity contribution is 8.00. The number of rotatable bonds is 6. The zero-order valence-electron chi connectivity index (χ0n) is 18.9. The lowest BCUT2D eigenvalue weighted by molar-refractivity contribution is -0.0328. The van der Waals surface area contributed by atoms with Crippen molar-refractivity contribution in [3.63, 3.8) is 0 Å². The highest BCUT2D eigenvalue weighted by atomic mass is 32.2. The first-order valence-electron chi connectivity index (χ1n) is 11.1. The fraction of sp³-hybridized carbons (Fsp3) is 0.375. The summed E-state index contributed by atoms with van der Waals surface area (Å²) in [7, 11) is 3.91. The molecular formula is C24H26F3N5OS. The number of hydrogen-bond acceptors (Lipinski definition) is 6. The molecule has 1 amide bonds. The van der Waals surface area contributed by atoms with Crippen molar-refractivity contribution in [2.45, 2.75) is 48.2 Å². The van der Waals surface area contributed by atoms with Gasteiger partial charge in [0.05, 0.1) is 5.52 Å². The van der Waals surface area contributed by atoms with E-state index in [1.807, 2.05) is 43.3 Å². The summed E-state index contributed by atoms with van der Waals surface area (Å²) in [5, 5.41) is 7.44. The van der Waals surface area contributed by atoms with Gasteiger partial charge in [-0.25, -0.2) is 4.98 Å². The first-order valence-corrected chi connectivity index (χ1v) is 11.9. The topological polar surface area (TPSA) is 70.2 Å². The first-order chi connectivity index (χ1) is 16.2. The number of fused-ring (bicyclic) bond motifs is 1. The van der Waals surface area contributed by atoms with E-state index in [0.717, 1.165) is 42.4 Å². The Morgan fingerprint density at radius 3 is 2.26 bits per heavy atom. The van der Waals surface area contributed by atoms with Gasteiger partial charge in [0.2, 0.25) is 5.95 Å². The molecule has 1 fully saturated rings. The van der Waals surface area contributed by atoms with E-state index in [1.54, 1.807) is 0 Å². The molecule has 10 heteroatoms. The van der Waals surface area contributed by atoms with Crippen LogP contribution in [-0.4, -0.2) is 47.6 Å². The van der Waals surface area contributed by atoms with Gasteiger partial charge in [-0.15, -0.1) is 0 Å². The monoisotopic (exact) mass is 489 g/mol. The summed E-state index contributed by atoms with van der Waals surface area (Å²) in [5.41, 5.74) is -3.11. The molecule has 0 spiro atoms. The maximum Gasteiger partial charge on any atom is 0.446 e. The van der Waals surface area contributed by atoms with Crippen LogP contribution in [0.5, 0.6) is 0 Å².